The standard InChI is InChI=1S/C13H11IN2O3S/c1-7-10(13(18)19)12(20-15-7)16(2)11(17)8-5-3-4-6-9(8)14/h3-6H,1-2H3,(H,18,19). The van der Waals surface area contributed by atoms with Crippen LogP contribution in [0.4, 0.5) is 5.00 Å². The van der Waals surface area contributed by atoms with Gasteiger partial charge in [0.15, 0.2) is 0 Å². The summed E-state index contributed by atoms with van der Waals surface area (Å²) in [7, 11) is 1.56. The van der Waals surface area contributed by atoms with E-state index in [0.29, 0.717) is 16.3 Å². The van der Waals surface area contributed by atoms with Crippen molar-refractivity contribution in [2.45, 2.75) is 6.92 Å². The summed E-state index contributed by atoms with van der Waals surface area (Å²) in [6, 6.07) is 7.17. The van der Waals surface area contributed by atoms with Crippen LogP contribution in [-0.2, 0) is 0 Å². The molecule has 104 valence electrons. The molecule has 1 aromatic carbocycles. The zero-order valence-electron chi connectivity index (χ0n) is 10.8. The molecule has 2 aromatic rings. The second-order valence-corrected chi connectivity index (χ2v) is 6.01. The van der Waals surface area contributed by atoms with Gasteiger partial charge in [0, 0.05) is 10.6 Å². The number of rotatable bonds is 3. The van der Waals surface area contributed by atoms with Crippen LogP contribution >= 0.6 is 34.1 Å². The minimum Gasteiger partial charge on any atom is -0.478 e. The van der Waals surface area contributed by atoms with E-state index in [2.05, 4.69) is 27.0 Å². The molecule has 0 bridgehead atoms. The van der Waals surface area contributed by atoms with E-state index in [1.807, 2.05) is 12.1 Å². The molecule has 0 atom stereocenters. The van der Waals surface area contributed by atoms with Crippen LogP contribution in [0.2, 0.25) is 0 Å². The van der Waals surface area contributed by atoms with Gasteiger partial charge < -0.3 is 10.0 Å². The van der Waals surface area contributed by atoms with Gasteiger partial charge in [-0.1, -0.05) is 12.1 Å². The lowest BCUT2D eigenvalue weighted by molar-refractivity contribution is 0.0697. The molecular formula is C13H11IN2O3S. The van der Waals surface area contributed by atoms with E-state index >= 15 is 0 Å². The van der Waals surface area contributed by atoms with Crippen LogP contribution in [-0.4, -0.2) is 28.4 Å². The largest absolute Gasteiger partial charge is 0.478 e. The number of hydrogen-bond donors (Lipinski definition) is 1. The quantitative estimate of drug-likeness (QED) is 0.802. The van der Waals surface area contributed by atoms with E-state index in [-0.39, 0.29) is 11.5 Å². The summed E-state index contributed by atoms with van der Waals surface area (Å²) in [6.07, 6.45) is 0. The van der Waals surface area contributed by atoms with E-state index in [0.717, 1.165) is 15.1 Å². The predicted octanol–water partition coefficient (Wildman–Crippen LogP) is 3.03. The lowest BCUT2D eigenvalue weighted by Crippen LogP contribution is -2.27. The molecular weight excluding hydrogens is 391 g/mol. The number of aromatic carboxylic acids is 1. The van der Waals surface area contributed by atoms with Gasteiger partial charge in [-0.05, 0) is 53.2 Å². The molecule has 1 amide bonds. The number of carboxylic acid groups (broad SMARTS) is 1. The molecule has 5 nitrogen and oxygen atoms in total. The van der Waals surface area contributed by atoms with E-state index in [1.165, 1.54) is 4.90 Å². The Morgan fingerprint density at radius 3 is 2.60 bits per heavy atom. The molecule has 2 rings (SSSR count). The fourth-order valence-electron chi connectivity index (χ4n) is 1.74. The first-order valence-electron chi connectivity index (χ1n) is 5.65. The SMILES string of the molecule is Cc1nsc(N(C)C(=O)c2ccccc2I)c1C(=O)O. The molecule has 1 N–H and O–H groups in total. The Kier molecular flexibility index (Phi) is 4.39. The van der Waals surface area contributed by atoms with Gasteiger partial charge in [0.2, 0.25) is 0 Å². The Morgan fingerprint density at radius 1 is 1.35 bits per heavy atom. The summed E-state index contributed by atoms with van der Waals surface area (Å²) in [5.41, 5.74) is 1.04. The van der Waals surface area contributed by atoms with Gasteiger partial charge in [0.1, 0.15) is 10.6 Å². The third-order valence-corrected chi connectivity index (χ3v) is 4.73. The molecule has 0 saturated heterocycles. The Balaban J connectivity index is 2.42. The number of halogens is 1. The molecule has 0 aliphatic rings. The summed E-state index contributed by atoms with van der Waals surface area (Å²) < 4.78 is 4.84. The van der Waals surface area contributed by atoms with E-state index < -0.39 is 5.97 Å². The topological polar surface area (TPSA) is 70.5 Å². The maximum absolute atomic E-state index is 12.5. The molecule has 0 aliphatic carbocycles. The van der Waals surface area contributed by atoms with Crippen molar-refractivity contribution < 1.29 is 14.7 Å². The van der Waals surface area contributed by atoms with E-state index in [9.17, 15) is 14.7 Å². The Hall–Kier alpha value is -1.48. The van der Waals surface area contributed by atoms with Crippen molar-refractivity contribution in [1.82, 2.24) is 4.37 Å². The lowest BCUT2D eigenvalue weighted by atomic mass is 10.2. The molecule has 0 saturated carbocycles. The van der Waals surface area contributed by atoms with Crippen molar-refractivity contribution in [3.05, 3.63) is 44.7 Å². The Bertz CT molecular complexity index is 684. The second-order valence-electron chi connectivity index (χ2n) is 4.10. The number of carbonyl (C=O) groups excluding carboxylic acids is 1. The number of amides is 1. The van der Waals surface area contributed by atoms with Crippen LogP contribution in [0, 0.1) is 10.5 Å². The van der Waals surface area contributed by atoms with Gasteiger partial charge in [0.25, 0.3) is 5.91 Å². The average Bonchev–Trinajstić information content (AvgIpc) is 2.79. The fourth-order valence-corrected chi connectivity index (χ4v) is 3.20. The minimum atomic E-state index is -1.08. The number of benzene rings is 1. The normalized spacial score (nSPS) is 10.3. The molecule has 0 radical (unpaired) electrons. The summed E-state index contributed by atoms with van der Waals surface area (Å²) >= 11 is 3.09. The van der Waals surface area contributed by atoms with E-state index in [4.69, 9.17) is 0 Å². The van der Waals surface area contributed by atoms with Crippen LogP contribution in [0.25, 0.3) is 0 Å². The van der Waals surface area contributed by atoms with Gasteiger partial charge in [-0.25, -0.2) is 4.79 Å². The summed E-state index contributed by atoms with van der Waals surface area (Å²) in [5.74, 6) is -1.32. The van der Waals surface area contributed by atoms with Gasteiger partial charge in [-0.2, -0.15) is 4.37 Å². The number of aromatic nitrogens is 1. The van der Waals surface area contributed by atoms with Crippen molar-refractivity contribution in [3.8, 4) is 0 Å². The molecule has 7 heteroatoms. The molecule has 1 aromatic heterocycles. The number of aryl methyl sites for hydroxylation is 1. The van der Waals surface area contributed by atoms with Crippen LogP contribution in [0.3, 0.4) is 0 Å². The van der Waals surface area contributed by atoms with Crippen molar-refractivity contribution in [3.63, 3.8) is 0 Å². The third kappa shape index (κ3) is 2.68. The molecule has 0 aliphatic heterocycles. The fraction of sp³-hybridized carbons (Fsp3) is 0.154. The smallest absolute Gasteiger partial charge is 0.340 e. The lowest BCUT2D eigenvalue weighted by Gasteiger charge is -2.16. The van der Waals surface area contributed by atoms with Crippen molar-refractivity contribution in [2.24, 2.45) is 0 Å². The third-order valence-electron chi connectivity index (χ3n) is 2.77. The van der Waals surface area contributed by atoms with Crippen molar-refractivity contribution in [1.29, 1.82) is 0 Å². The zero-order valence-corrected chi connectivity index (χ0v) is 13.7. The Labute approximate surface area is 133 Å². The zero-order chi connectivity index (χ0) is 14.9. The van der Waals surface area contributed by atoms with E-state index in [1.54, 1.807) is 26.1 Å². The van der Waals surface area contributed by atoms with Crippen molar-refractivity contribution in [2.75, 3.05) is 11.9 Å². The van der Waals surface area contributed by atoms with Gasteiger partial charge in [-0.15, -0.1) is 0 Å². The minimum absolute atomic E-state index is 0.0804. The van der Waals surface area contributed by atoms with Gasteiger partial charge >= 0.3 is 5.97 Å². The maximum Gasteiger partial charge on any atom is 0.340 e. The Morgan fingerprint density at radius 2 is 2.00 bits per heavy atom. The summed E-state index contributed by atoms with van der Waals surface area (Å²) in [4.78, 5) is 25.1. The summed E-state index contributed by atoms with van der Waals surface area (Å²) in [6.45, 7) is 1.62. The highest BCUT2D eigenvalue weighted by molar-refractivity contribution is 14.1. The molecule has 0 unspecified atom stereocenters. The van der Waals surface area contributed by atoms with Gasteiger partial charge in [-0.3, -0.25) is 4.79 Å². The maximum atomic E-state index is 12.5. The average molecular weight is 402 g/mol. The highest BCUT2D eigenvalue weighted by Gasteiger charge is 2.25. The molecule has 1 heterocycles. The van der Waals surface area contributed by atoms with Crippen LogP contribution in [0.1, 0.15) is 26.4 Å². The molecule has 0 fully saturated rings. The first-order chi connectivity index (χ1) is 9.43. The number of anilines is 1. The highest BCUT2D eigenvalue weighted by atomic mass is 127. The number of hydrogen-bond acceptors (Lipinski definition) is 4. The highest BCUT2D eigenvalue weighted by Crippen LogP contribution is 2.29. The predicted molar refractivity (Wildman–Crippen MR) is 85.7 cm³/mol. The van der Waals surface area contributed by atoms with Crippen LogP contribution in [0.15, 0.2) is 24.3 Å². The van der Waals surface area contributed by atoms with Crippen molar-refractivity contribution >= 4 is 51.0 Å². The van der Waals surface area contributed by atoms with Gasteiger partial charge in [0.05, 0.1) is 11.3 Å². The summed E-state index contributed by atoms with van der Waals surface area (Å²) in [5, 5.41) is 9.57. The van der Waals surface area contributed by atoms with Crippen LogP contribution < -0.4 is 4.90 Å². The molecule has 0 spiro atoms. The second kappa shape index (κ2) is 5.88. The molecule has 20 heavy (non-hydrogen) atoms. The number of carbonyl (C=O) groups is 2. The van der Waals surface area contributed by atoms with Crippen LogP contribution in [0.5, 0.6) is 0 Å². The first kappa shape index (κ1) is 14.9. The first-order valence-corrected chi connectivity index (χ1v) is 7.51. The monoisotopic (exact) mass is 402 g/mol. The number of nitrogens with zero attached hydrogens (tertiary/aromatic N) is 2. The number of carboxylic acids is 1.